The summed E-state index contributed by atoms with van der Waals surface area (Å²) in [6, 6.07) is 12.3. The number of amides is 3. The summed E-state index contributed by atoms with van der Waals surface area (Å²) in [5, 5.41) is 19.4. The number of alkyl halides is 3. The summed E-state index contributed by atoms with van der Waals surface area (Å²) in [6.07, 6.45) is -1.69. The van der Waals surface area contributed by atoms with Gasteiger partial charge in [-0.05, 0) is 60.4 Å². The molecule has 1 aliphatic rings. The van der Waals surface area contributed by atoms with Gasteiger partial charge < -0.3 is 21.5 Å². The second-order valence-electron chi connectivity index (χ2n) is 9.07. The number of hydrogen-bond acceptors (Lipinski definition) is 5. The van der Waals surface area contributed by atoms with Gasteiger partial charge in [-0.15, -0.1) is 0 Å². The van der Waals surface area contributed by atoms with E-state index in [0.29, 0.717) is 35.3 Å². The van der Waals surface area contributed by atoms with Crippen LogP contribution >= 0.6 is 0 Å². The number of halogens is 3. The molecule has 1 saturated carbocycles. The average molecular weight is 525 g/mol. The summed E-state index contributed by atoms with van der Waals surface area (Å²) < 4.78 is 40.3. The maximum absolute atomic E-state index is 12.9. The Morgan fingerprint density at radius 3 is 2.39 bits per heavy atom. The fourth-order valence-electron chi connectivity index (χ4n) is 4.34. The van der Waals surface area contributed by atoms with Crippen molar-refractivity contribution < 1.29 is 27.9 Å². The van der Waals surface area contributed by atoms with Gasteiger partial charge in [0.25, 0.3) is 0 Å². The van der Waals surface area contributed by atoms with Crippen molar-refractivity contribution in [3.63, 3.8) is 0 Å². The molecule has 12 heteroatoms. The Morgan fingerprint density at radius 2 is 1.76 bits per heavy atom. The standard InChI is InChI=1S/C26H23F3N6O3/c27-26(28,29)16-2-1-3-18(12-16)33-24(38)32-17-6-4-15(5-7-17)19-13-21(25(8-9-25)23(30)37)34-22-20(19)14-31-35(22)10-11-36/h1-7,12-14,36H,8-11H2,(H2,30,37)(H2,32,33,38). The van der Waals surface area contributed by atoms with Crippen molar-refractivity contribution >= 4 is 34.3 Å². The van der Waals surface area contributed by atoms with E-state index in [2.05, 4.69) is 20.7 Å². The number of hydrogen-bond donors (Lipinski definition) is 4. The summed E-state index contributed by atoms with van der Waals surface area (Å²) in [4.78, 5) is 29.2. The van der Waals surface area contributed by atoms with Gasteiger partial charge in [-0.25, -0.2) is 14.5 Å². The Balaban J connectivity index is 1.40. The van der Waals surface area contributed by atoms with Gasteiger partial charge in [0.2, 0.25) is 5.91 Å². The van der Waals surface area contributed by atoms with E-state index in [0.717, 1.165) is 23.3 Å². The largest absolute Gasteiger partial charge is 0.416 e. The van der Waals surface area contributed by atoms with Gasteiger partial charge in [-0.3, -0.25) is 4.79 Å². The third kappa shape index (κ3) is 4.77. The second-order valence-corrected chi connectivity index (χ2v) is 9.07. The van der Waals surface area contributed by atoms with Crippen LogP contribution in [0, 0.1) is 0 Å². The fourth-order valence-corrected chi connectivity index (χ4v) is 4.34. The van der Waals surface area contributed by atoms with Crippen LogP contribution < -0.4 is 16.4 Å². The predicted molar refractivity (Wildman–Crippen MR) is 134 cm³/mol. The lowest BCUT2D eigenvalue weighted by Crippen LogP contribution is -2.29. The number of nitrogens with one attached hydrogen (secondary N) is 2. The topological polar surface area (TPSA) is 135 Å². The Bertz CT molecular complexity index is 1530. The van der Waals surface area contributed by atoms with Gasteiger partial charge >= 0.3 is 12.2 Å². The van der Waals surface area contributed by atoms with Crippen LogP contribution in [0.4, 0.5) is 29.3 Å². The number of rotatable bonds is 7. The van der Waals surface area contributed by atoms with E-state index in [1.807, 2.05) is 6.07 Å². The number of aliphatic hydroxyl groups excluding tert-OH is 1. The molecule has 5 rings (SSSR count). The molecule has 9 nitrogen and oxygen atoms in total. The van der Waals surface area contributed by atoms with Gasteiger partial charge in [-0.1, -0.05) is 18.2 Å². The lowest BCUT2D eigenvalue weighted by atomic mass is 9.95. The average Bonchev–Trinajstić information content (AvgIpc) is 3.60. The first-order chi connectivity index (χ1) is 18.1. The first kappa shape index (κ1) is 25.2. The molecule has 0 atom stereocenters. The molecule has 0 bridgehead atoms. The highest BCUT2D eigenvalue weighted by Gasteiger charge is 2.51. The van der Waals surface area contributed by atoms with E-state index >= 15 is 0 Å². The van der Waals surface area contributed by atoms with Crippen molar-refractivity contribution in [3.8, 4) is 11.1 Å². The summed E-state index contributed by atoms with van der Waals surface area (Å²) in [6.45, 7) is 0.0920. The third-order valence-corrected chi connectivity index (χ3v) is 6.53. The number of urea groups is 1. The molecule has 38 heavy (non-hydrogen) atoms. The third-order valence-electron chi connectivity index (χ3n) is 6.53. The molecular formula is C26H23F3N6O3. The SMILES string of the molecule is NC(=O)C1(c2cc(-c3ccc(NC(=O)Nc4cccc(C(F)(F)F)c4)cc3)c3cnn(CCO)c3n2)CC1. The summed E-state index contributed by atoms with van der Waals surface area (Å²) in [7, 11) is 0. The van der Waals surface area contributed by atoms with Gasteiger partial charge in [-0.2, -0.15) is 18.3 Å². The molecule has 0 saturated heterocycles. The van der Waals surface area contributed by atoms with E-state index < -0.39 is 29.1 Å². The van der Waals surface area contributed by atoms with Crippen molar-refractivity contribution in [1.82, 2.24) is 14.8 Å². The molecule has 2 heterocycles. The molecule has 2 aromatic heterocycles. The Kier molecular flexibility index (Phi) is 6.27. The summed E-state index contributed by atoms with van der Waals surface area (Å²) in [5.41, 5.74) is 6.95. The molecule has 1 fully saturated rings. The number of fused-ring (bicyclic) bond motifs is 1. The Hall–Kier alpha value is -4.45. The highest BCUT2D eigenvalue weighted by molar-refractivity contribution is 6.00. The van der Waals surface area contributed by atoms with Crippen LogP contribution in [-0.2, 0) is 22.9 Å². The lowest BCUT2D eigenvalue weighted by Gasteiger charge is -2.14. The zero-order chi connectivity index (χ0) is 27.1. The molecule has 0 spiro atoms. The predicted octanol–water partition coefficient (Wildman–Crippen LogP) is 4.27. The van der Waals surface area contributed by atoms with E-state index in [1.54, 1.807) is 35.1 Å². The fraction of sp³-hybridized carbons (Fsp3) is 0.231. The van der Waals surface area contributed by atoms with E-state index in [9.17, 15) is 27.9 Å². The zero-order valence-electron chi connectivity index (χ0n) is 19.9. The first-order valence-electron chi connectivity index (χ1n) is 11.7. The number of carbonyl (C=O) groups excluding carboxylic acids is 2. The van der Waals surface area contributed by atoms with E-state index in [-0.39, 0.29) is 18.8 Å². The maximum atomic E-state index is 12.9. The molecule has 196 valence electrons. The van der Waals surface area contributed by atoms with Crippen molar-refractivity contribution in [2.24, 2.45) is 5.73 Å². The van der Waals surface area contributed by atoms with Crippen LogP contribution in [0.2, 0.25) is 0 Å². The molecule has 1 aliphatic carbocycles. The molecule has 0 unspecified atom stereocenters. The number of nitrogens with two attached hydrogens (primary N) is 1. The monoisotopic (exact) mass is 524 g/mol. The van der Waals surface area contributed by atoms with Gasteiger partial charge in [0.1, 0.15) is 0 Å². The minimum atomic E-state index is -4.52. The number of primary amides is 1. The Morgan fingerprint density at radius 1 is 1.05 bits per heavy atom. The van der Waals surface area contributed by atoms with Crippen LogP contribution in [0.3, 0.4) is 0 Å². The number of aliphatic hydroxyl groups is 1. The molecule has 0 aliphatic heterocycles. The van der Waals surface area contributed by atoms with Crippen LogP contribution in [0.15, 0.2) is 60.8 Å². The van der Waals surface area contributed by atoms with Crippen molar-refractivity contribution in [3.05, 3.63) is 72.1 Å². The van der Waals surface area contributed by atoms with Crippen LogP contribution in [0.5, 0.6) is 0 Å². The lowest BCUT2D eigenvalue weighted by molar-refractivity contribution is -0.137. The van der Waals surface area contributed by atoms with Gasteiger partial charge in [0, 0.05) is 16.8 Å². The normalized spacial score (nSPS) is 14.3. The molecular weight excluding hydrogens is 501 g/mol. The van der Waals surface area contributed by atoms with Crippen LogP contribution in [0.25, 0.3) is 22.2 Å². The highest BCUT2D eigenvalue weighted by atomic mass is 19.4. The molecule has 2 aromatic carbocycles. The summed E-state index contributed by atoms with van der Waals surface area (Å²) >= 11 is 0. The number of pyridine rings is 1. The minimum Gasteiger partial charge on any atom is -0.394 e. The molecule has 5 N–H and O–H groups in total. The molecule has 4 aromatic rings. The summed E-state index contributed by atoms with van der Waals surface area (Å²) in [5.74, 6) is -0.449. The minimum absolute atomic E-state index is 0.00370. The second kappa shape index (κ2) is 9.45. The molecule has 3 amide bonds. The number of carbonyl (C=O) groups is 2. The zero-order valence-corrected chi connectivity index (χ0v) is 19.9. The Labute approximate surface area is 214 Å². The maximum Gasteiger partial charge on any atom is 0.416 e. The van der Waals surface area contributed by atoms with Gasteiger partial charge in [0.15, 0.2) is 5.65 Å². The molecule has 0 radical (unpaired) electrons. The van der Waals surface area contributed by atoms with E-state index in [1.165, 1.54) is 12.1 Å². The van der Waals surface area contributed by atoms with Crippen molar-refractivity contribution in [2.45, 2.75) is 31.0 Å². The van der Waals surface area contributed by atoms with Crippen LogP contribution in [-0.4, -0.2) is 38.4 Å². The number of benzene rings is 2. The van der Waals surface area contributed by atoms with Crippen LogP contribution in [0.1, 0.15) is 24.1 Å². The quantitative estimate of drug-likeness (QED) is 0.286. The number of aromatic nitrogens is 3. The van der Waals surface area contributed by atoms with Crippen molar-refractivity contribution in [2.75, 3.05) is 17.2 Å². The number of anilines is 2. The number of nitrogens with zero attached hydrogens (tertiary/aromatic N) is 3. The van der Waals surface area contributed by atoms with E-state index in [4.69, 9.17) is 5.73 Å². The van der Waals surface area contributed by atoms with Gasteiger partial charge in [0.05, 0.1) is 36.0 Å². The first-order valence-corrected chi connectivity index (χ1v) is 11.7. The van der Waals surface area contributed by atoms with Crippen molar-refractivity contribution in [1.29, 1.82) is 0 Å². The smallest absolute Gasteiger partial charge is 0.394 e. The highest BCUT2D eigenvalue weighted by Crippen LogP contribution is 2.48.